The first-order valence-electron chi connectivity index (χ1n) is 10.6. The zero-order valence-electron chi connectivity index (χ0n) is 17.8. The van der Waals surface area contributed by atoms with Crippen molar-refractivity contribution in [3.63, 3.8) is 0 Å². The molecular formula is C24H29FN4O2. The minimum absolute atomic E-state index is 0.160. The van der Waals surface area contributed by atoms with E-state index in [2.05, 4.69) is 32.1 Å². The molecule has 0 unspecified atom stereocenters. The van der Waals surface area contributed by atoms with Gasteiger partial charge in [0.2, 0.25) is 0 Å². The normalized spacial score (nSPS) is 17.7. The van der Waals surface area contributed by atoms with Gasteiger partial charge in [-0.25, -0.2) is 4.39 Å². The van der Waals surface area contributed by atoms with Gasteiger partial charge in [0.05, 0.1) is 19.0 Å². The molecule has 2 heterocycles. The first-order valence-corrected chi connectivity index (χ1v) is 10.6. The number of nitrogens with one attached hydrogen (secondary N) is 1. The maximum absolute atomic E-state index is 13.7. The molecule has 6 nitrogen and oxygen atoms in total. The van der Waals surface area contributed by atoms with Crippen molar-refractivity contribution in [3.05, 3.63) is 71.7 Å². The van der Waals surface area contributed by atoms with Crippen molar-refractivity contribution < 1.29 is 14.2 Å². The standard InChI is InChI=1S/C24H29FN4O2/c1-31-23-7-2-4-18(12-23)15-29-10-9-28(17-22(29)8-11-30)16-20-14-26-27-24(20)19-5-3-6-21(25)13-19/h2-7,12-14,22,30H,8-11,15-17H2,1H3,(H,26,27)/t22-/m1/s1. The number of H-pyrrole nitrogens is 1. The molecule has 0 spiro atoms. The number of rotatable bonds is 8. The highest BCUT2D eigenvalue weighted by Gasteiger charge is 2.27. The molecule has 0 radical (unpaired) electrons. The highest BCUT2D eigenvalue weighted by molar-refractivity contribution is 5.62. The van der Waals surface area contributed by atoms with E-state index in [0.717, 1.165) is 61.7 Å². The molecule has 31 heavy (non-hydrogen) atoms. The summed E-state index contributed by atoms with van der Waals surface area (Å²) in [6.07, 6.45) is 2.55. The van der Waals surface area contributed by atoms with Crippen LogP contribution in [0, 0.1) is 5.82 Å². The quantitative estimate of drug-likeness (QED) is 0.581. The summed E-state index contributed by atoms with van der Waals surface area (Å²) in [5.41, 5.74) is 3.92. The van der Waals surface area contributed by atoms with Crippen LogP contribution in [0.15, 0.2) is 54.7 Å². The van der Waals surface area contributed by atoms with Gasteiger partial charge in [-0.1, -0.05) is 24.3 Å². The Morgan fingerprint density at radius 2 is 2.03 bits per heavy atom. The number of hydrogen-bond acceptors (Lipinski definition) is 5. The summed E-state index contributed by atoms with van der Waals surface area (Å²) < 4.78 is 19.0. The third-order valence-corrected chi connectivity index (χ3v) is 5.90. The average Bonchev–Trinajstić information content (AvgIpc) is 3.24. The van der Waals surface area contributed by atoms with Crippen molar-refractivity contribution in [2.24, 2.45) is 0 Å². The summed E-state index contributed by atoms with van der Waals surface area (Å²) in [6, 6.07) is 15.0. The monoisotopic (exact) mass is 424 g/mol. The van der Waals surface area contributed by atoms with Gasteiger partial charge < -0.3 is 9.84 Å². The molecule has 3 aromatic rings. The Kier molecular flexibility index (Phi) is 6.96. The molecule has 2 aromatic carbocycles. The van der Waals surface area contributed by atoms with Crippen molar-refractivity contribution in [2.45, 2.75) is 25.6 Å². The van der Waals surface area contributed by atoms with Crippen LogP contribution in [0.2, 0.25) is 0 Å². The average molecular weight is 425 g/mol. The molecule has 4 rings (SSSR count). The largest absolute Gasteiger partial charge is 0.497 e. The number of piperazine rings is 1. The minimum Gasteiger partial charge on any atom is -0.497 e. The molecule has 1 atom stereocenters. The van der Waals surface area contributed by atoms with E-state index in [-0.39, 0.29) is 18.5 Å². The lowest BCUT2D eigenvalue weighted by molar-refractivity contribution is 0.0500. The number of aromatic amines is 1. The molecule has 0 amide bonds. The van der Waals surface area contributed by atoms with E-state index in [1.165, 1.54) is 17.7 Å². The van der Waals surface area contributed by atoms with Gasteiger partial charge in [0.1, 0.15) is 11.6 Å². The molecular weight excluding hydrogens is 395 g/mol. The second-order valence-corrected chi connectivity index (χ2v) is 8.00. The Morgan fingerprint density at radius 1 is 1.16 bits per heavy atom. The minimum atomic E-state index is -0.257. The number of ether oxygens (including phenoxy) is 1. The van der Waals surface area contributed by atoms with Gasteiger partial charge in [0.25, 0.3) is 0 Å². The molecule has 0 bridgehead atoms. The van der Waals surface area contributed by atoms with E-state index in [1.807, 2.05) is 24.4 Å². The number of nitrogens with zero attached hydrogens (tertiary/aromatic N) is 3. The lowest BCUT2D eigenvalue weighted by atomic mass is 10.0. The van der Waals surface area contributed by atoms with Crippen LogP contribution in [0.3, 0.4) is 0 Å². The van der Waals surface area contributed by atoms with Crippen LogP contribution in [-0.4, -0.2) is 64.5 Å². The van der Waals surface area contributed by atoms with E-state index in [0.29, 0.717) is 0 Å². The lowest BCUT2D eigenvalue weighted by Crippen LogP contribution is -2.52. The van der Waals surface area contributed by atoms with Crippen LogP contribution in [-0.2, 0) is 13.1 Å². The smallest absolute Gasteiger partial charge is 0.123 e. The van der Waals surface area contributed by atoms with Gasteiger partial charge >= 0.3 is 0 Å². The van der Waals surface area contributed by atoms with Gasteiger partial charge in [-0.15, -0.1) is 0 Å². The first kappa shape index (κ1) is 21.5. The number of aliphatic hydroxyl groups excluding tert-OH is 1. The Morgan fingerprint density at radius 3 is 2.84 bits per heavy atom. The van der Waals surface area contributed by atoms with Gasteiger partial charge in [0.15, 0.2) is 0 Å². The molecule has 1 fully saturated rings. The summed E-state index contributed by atoms with van der Waals surface area (Å²) in [5.74, 6) is 0.604. The van der Waals surface area contributed by atoms with Crippen LogP contribution >= 0.6 is 0 Å². The van der Waals surface area contributed by atoms with Crippen LogP contribution in [0.1, 0.15) is 17.5 Å². The molecule has 1 aliphatic rings. The van der Waals surface area contributed by atoms with E-state index in [9.17, 15) is 9.50 Å². The van der Waals surface area contributed by atoms with Crippen molar-refractivity contribution in [1.82, 2.24) is 20.0 Å². The maximum Gasteiger partial charge on any atom is 0.123 e. The van der Waals surface area contributed by atoms with E-state index in [4.69, 9.17) is 4.74 Å². The fourth-order valence-electron chi connectivity index (χ4n) is 4.30. The van der Waals surface area contributed by atoms with Gasteiger partial charge in [-0.3, -0.25) is 14.9 Å². The van der Waals surface area contributed by atoms with Crippen LogP contribution in [0.5, 0.6) is 5.75 Å². The molecule has 1 aromatic heterocycles. The maximum atomic E-state index is 13.7. The molecule has 1 saturated heterocycles. The second-order valence-electron chi connectivity index (χ2n) is 8.00. The number of aromatic nitrogens is 2. The predicted octanol–water partition coefficient (Wildman–Crippen LogP) is 3.29. The first-order chi connectivity index (χ1) is 15.2. The topological polar surface area (TPSA) is 64.6 Å². The number of methoxy groups -OCH3 is 1. The van der Waals surface area contributed by atoms with Crippen molar-refractivity contribution >= 4 is 0 Å². The third kappa shape index (κ3) is 5.31. The molecule has 164 valence electrons. The van der Waals surface area contributed by atoms with Gasteiger partial charge in [-0.05, 0) is 36.2 Å². The van der Waals surface area contributed by atoms with E-state index in [1.54, 1.807) is 13.2 Å². The van der Waals surface area contributed by atoms with Gasteiger partial charge in [-0.2, -0.15) is 5.10 Å². The number of aliphatic hydroxyl groups is 1. The predicted molar refractivity (Wildman–Crippen MR) is 118 cm³/mol. The highest BCUT2D eigenvalue weighted by atomic mass is 19.1. The lowest BCUT2D eigenvalue weighted by Gasteiger charge is -2.41. The number of benzene rings is 2. The van der Waals surface area contributed by atoms with Gasteiger partial charge in [0, 0.05) is 56.5 Å². The molecule has 0 saturated carbocycles. The Balaban J connectivity index is 1.44. The molecule has 0 aliphatic carbocycles. The molecule has 2 N–H and O–H groups in total. The van der Waals surface area contributed by atoms with Crippen LogP contribution < -0.4 is 4.74 Å². The van der Waals surface area contributed by atoms with Crippen LogP contribution in [0.4, 0.5) is 4.39 Å². The second kappa shape index (κ2) is 10.0. The SMILES string of the molecule is COc1cccc(CN2CCN(Cc3cn[nH]c3-c3cccc(F)c3)C[C@H]2CCO)c1. The van der Waals surface area contributed by atoms with Crippen LogP contribution in [0.25, 0.3) is 11.3 Å². The van der Waals surface area contributed by atoms with E-state index < -0.39 is 0 Å². The summed E-state index contributed by atoms with van der Waals surface area (Å²) >= 11 is 0. The summed E-state index contributed by atoms with van der Waals surface area (Å²) in [7, 11) is 1.68. The number of halogens is 1. The summed E-state index contributed by atoms with van der Waals surface area (Å²) in [4.78, 5) is 4.82. The van der Waals surface area contributed by atoms with Crippen molar-refractivity contribution in [2.75, 3.05) is 33.4 Å². The van der Waals surface area contributed by atoms with Crippen molar-refractivity contribution in [1.29, 1.82) is 0 Å². The Hall–Kier alpha value is -2.74. The molecule has 1 aliphatic heterocycles. The third-order valence-electron chi connectivity index (χ3n) is 5.90. The Bertz CT molecular complexity index is 993. The molecule has 7 heteroatoms. The Labute approximate surface area is 182 Å². The van der Waals surface area contributed by atoms with E-state index >= 15 is 0 Å². The fraction of sp³-hybridized carbons (Fsp3) is 0.375. The zero-order valence-corrected chi connectivity index (χ0v) is 17.8. The fourth-order valence-corrected chi connectivity index (χ4v) is 4.30. The van der Waals surface area contributed by atoms with Crippen molar-refractivity contribution in [3.8, 4) is 17.0 Å². The number of hydrogen-bond donors (Lipinski definition) is 2. The highest BCUT2D eigenvalue weighted by Crippen LogP contribution is 2.25. The summed E-state index contributed by atoms with van der Waals surface area (Å²) in [5, 5.41) is 16.9. The zero-order chi connectivity index (χ0) is 21.6. The summed E-state index contributed by atoms with van der Waals surface area (Å²) in [6.45, 7) is 4.41.